The van der Waals surface area contributed by atoms with Crippen LogP contribution < -0.4 is 5.32 Å². The Morgan fingerprint density at radius 1 is 1.29 bits per heavy atom. The Kier molecular flexibility index (Phi) is 4.33. The summed E-state index contributed by atoms with van der Waals surface area (Å²) >= 11 is 0. The van der Waals surface area contributed by atoms with E-state index < -0.39 is 0 Å². The van der Waals surface area contributed by atoms with E-state index in [0.29, 0.717) is 13.2 Å². The van der Waals surface area contributed by atoms with Crippen LogP contribution >= 0.6 is 0 Å². The molecule has 1 N–H and O–H groups in total. The van der Waals surface area contributed by atoms with Crippen molar-refractivity contribution in [3.8, 4) is 0 Å². The van der Waals surface area contributed by atoms with Crippen molar-refractivity contribution in [1.82, 2.24) is 4.90 Å². The van der Waals surface area contributed by atoms with Crippen LogP contribution in [0.15, 0.2) is 18.2 Å². The Morgan fingerprint density at radius 3 is 2.75 bits per heavy atom. The van der Waals surface area contributed by atoms with Crippen molar-refractivity contribution in [2.75, 3.05) is 38.2 Å². The van der Waals surface area contributed by atoms with Gasteiger partial charge < -0.3 is 14.8 Å². The van der Waals surface area contributed by atoms with Gasteiger partial charge in [-0.15, -0.1) is 0 Å². The Hall–Kier alpha value is -1.43. The van der Waals surface area contributed by atoms with E-state index in [9.17, 15) is 4.79 Å². The number of carbonyl (C=O) groups excluding carboxylic acids is 1. The van der Waals surface area contributed by atoms with Crippen LogP contribution in [-0.4, -0.2) is 55.4 Å². The minimum atomic E-state index is -0.378. The van der Waals surface area contributed by atoms with E-state index >= 15 is 0 Å². The summed E-state index contributed by atoms with van der Waals surface area (Å²) in [5.74, 6) is -0.131. The molecule has 2 fully saturated rings. The van der Waals surface area contributed by atoms with Gasteiger partial charge in [-0.3, -0.25) is 9.69 Å². The number of Topliss-reactive ketones (excluding diaryl/α,β-unsaturated/α-hetero) is 1. The molecular formula is C19H26N2O3. The monoisotopic (exact) mass is 330 g/mol. The molecule has 1 unspecified atom stereocenters. The summed E-state index contributed by atoms with van der Waals surface area (Å²) in [5, 5.41) is 3.35. The van der Waals surface area contributed by atoms with Gasteiger partial charge in [0.25, 0.3) is 0 Å². The molecule has 0 aromatic heterocycles. The van der Waals surface area contributed by atoms with Gasteiger partial charge in [-0.1, -0.05) is 6.92 Å². The van der Waals surface area contributed by atoms with Gasteiger partial charge in [0, 0.05) is 43.7 Å². The molecule has 3 aliphatic heterocycles. The van der Waals surface area contributed by atoms with Gasteiger partial charge in [-0.05, 0) is 36.6 Å². The van der Waals surface area contributed by atoms with E-state index in [1.54, 1.807) is 0 Å². The Morgan fingerprint density at radius 2 is 2.04 bits per heavy atom. The van der Waals surface area contributed by atoms with Crippen molar-refractivity contribution in [3.63, 3.8) is 0 Å². The lowest BCUT2D eigenvalue weighted by Gasteiger charge is -2.40. The fraction of sp³-hybridized carbons (Fsp3) is 0.632. The van der Waals surface area contributed by atoms with Crippen LogP contribution in [0.3, 0.4) is 0 Å². The molecule has 0 saturated carbocycles. The molecular weight excluding hydrogens is 304 g/mol. The van der Waals surface area contributed by atoms with E-state index in [4.69, 9.17) is 9.47 Å². The normalized spacial score (nSPS) is 23.9. The number of carbonyl (C=O) groups is 1. The van der Waals surface area contributed by atoms with Gasteiger partial charge in [0.05, 0.1) is 19.3 Å². The summed E-state index contributed by atoms with van der Waals surface area (Å²) in [6.07, 6.45) is 3.55. The fourth-order valence-corrected chi connectivity index (χ4v) is 4.22. The topological polar surface area (TPSA) is 50.8 Å². The number of fused-ring (bicyclic) bond motifs is 1. The second-order valence-electron chi connectivity index (χ2n) is 6.98. The molecule has 0 aliphatic carbocycles. The van der Waals surface area contributed by atoms with Gasteiger partial charge in [0.2, 0.25) is 0 Å². The molecule has 4 rings (SSSR count). The highest BCUT2D eigenvalue weighted by Gasteiger charge is 2.41. The van der Waals surface area contributed by atoms with Gasteiger partial charge in [-0.2, -0.15) is 0 Å². The molecule has 1 aromatic carbocycles. The Balaban J connectivity index is 1.46. The SMILES string of the molecule is CCC(C(=O)c1ccc2c(c1)CCN2)N1CCC2(CC1)OCCO2. The van der Waals surface area contributed by atoms with Gasteiger partial charge in [0.1, 0.15) is 0 Å². The van der Waals surface area contributed by atoms with Gasteiger partial charge in [0.15, 0.2) is 11.6 Å². The molecule has 1 atom stereocenters. The first-order valence-corrected chi connectivity index (χ1v) is 9.14. The number of rotatable bonds is 4. The molecule has 24 heavy (non-hydrogen) atoms. The average molecular weight is 330 g/mol. The Bertz CT molecular complexity index is 615. The van der Waals surface area contributed by atoms with E-state index in [2.05, 4.69) is 23.2 Å². The van der Waals surface area contributed by atoms with E-state index in [1.165, 1.54) is 11.3 Å². The molecule has 130 valence electrons. The minimum absolute atomic E-state index is 0.0452. The lowest BCUT2D eigenvalue weighted by Crippen LogP contribution is -2.51. The van der Waals surface area contributed by atoms with Gasteiger partial charge in [-0.25, -0.2) is 0 Å². The highest BCUT2D eigenvalue weighted by atomic mass is 16.7. The summed E-state index contributed by atoms with van der Waals surface area (Å²) in [6, 6.07) is 6.05. The summed E-state index contributed by atoms with van der Waals surface area (Å²) in [6.45, 7) is 6.18. The van der Waals surface area contributed by atoms with Gasteiger partial charge >= 0.3 is 0 Å². The van der Waals surface area contributed by atoms with Crippen molar-refractivity contribution in [2.24, 2.45) is 0 Å². The molecule has 5 nitrogen and oxygen atoms in total. The number of nitrogens with zero attached hydrogens (tertiary/aromatic N) is 1. The van der Waals surface area contributed by atoms with E-state index in [-0.39, 0.29) is 17.6 Å². The predicted octanol–water partition coefficient (Wildman–Crippen LogP) is 2.45. The summed E-state index contributed by atoms with van der Waals surface area (Å²) in [7, 11) is 0. The second kappa shape index (κ2) is 6.47. The molecule has 1 spiro atoms. The number of likely N-dealkylation sites (tertiary alicyclic amines) is 1. The predicted molar refractivity (Wildman–Crippen MR) is 92.5 cm³/mol. The third kappa shape index (κ3) is 2.85. The third-order valence-corrected chi connectivity index (χ3v) is 5.60. The number of hydrogen-bond acceptors (Lipinski definition) is 5. The standard InChI is InChI=1S/C19H26N2O3/c1-2-17(21-9-6-19(7-10-21)23-11-12-24-19)18(22)15-3-4-16-14(13-15)5-8-20-16/h3-4,13,17,20H,2,5-12H2,1H3. The Labute approximate surface area is 143 Å². The molecule has 3 aliphatic rings. The van der Waals surface area contributed by atoms with Crippen molar-refractivity contribution < 1.29 is 14.3 Å². The molecule has 0 amide bonds. The maximum atomic E-state index is 13.1. The highest BCUT2D eigenvalue weighted by molar-refractivity contribution is 6.00. The summed E-state index contributed by atoms with van der Waals surface area (Å²) in [4.78, 5) is 15.4. The van der Waals surface area contributed by atoms with Crippen LogP contribution in [0.1, 0.15) is 42.1 Å². The summed E-state index contributed by atoms with van der Waals surface area (Å²) < 4.78 is 11.6. The summed E-state index contributed by atoms with van der Waals surface area (Å²) in [5.41, 5.74) is 3.29. The first-order chi connectivity index (χ1) is 11.7. The zero-order chi connectivity index (χ0) is 16.6. The smallest absolute Gasteiger partial charge is 0.179 e. The van der Waals surface area contributed by atoms with E-state index in [1.807, 2.05) is 12.1 Å². The zero-order valence-corrected chi connectivity index (χ0v) is 14.3. The van der Waals surface area contributed by atoms with Crippen LogP contribution in [0.25, 0.3) is 0 Å². The first kappa shape index (κ1) is 16.1. The maximum Gasteiger partial charge on any atom is 0.179 e. The van der Waals surface area contributed by atoms with Crippen LogP contribution in [0.2, 0.25) is 0 Å². The van der Waals surface area contributed by atoms with Crippen molar-refractivity contribution in [3.05, 3.63) is 29.3 Å². The highest BCUT2D eigenvalue weighted by Crippen LogP contribution is 2.33. The molecule has 2 saturated heterocycles. The number of hydrogen-bond donors (Lipinski definition) is 1. The molecule has 0 bridgehead atoms. The van der Waals surface area contributed by atoms with Crippen molar-refractivity contribution >= 4 is 11.5 Å². The van der Waals surface area contributed by atoms with Crippen LogP contribution in [0.4, 0.5) is 5.69 Å². The van der Waals surface area contributed by atoms with Crippen molar-refractivity contribution in [2.45, 2.75) is 44.4 Å². The average Bonchev–Trinajstić information content (AvgIpc) is 3.26. The second-order valence-corrected chi connectivity index (χ2v) is 6.98. The largest absolute Gasteiger partial charge is 0.384 e. The number of ketones is 1. The van der Waals surface area contributed by atoms with E-state index in [0.717, 1.165) is 50.9 Å². The molecule has 0 radical (unpaired) electrons. The zero-order valence-electron chi connectivity index (χ0n) is 14.3. The van der Waals surface area contributed by atoms with Crippen LogP contribution in [0.5, 0.6) is 0 Å². The number of anilines is 1. The number of ether oxygens (including phenoxy) is 2. The first-order valence-electron chi connectivity index (χ1n) is 9.14. The quantitative estimate of drug-likeness (QED) is 0.860. The number of benzene rings is 1. The molecule has 5 heteroatoms. The number of piperidine rings is 1. The third-order valence-electron chi connectivity index (χ3n) is 5.60. The number of nitrogens with one attached hydrogen (secondary N) is 1. The van der Waals surface area contributed by atoms with Crippen molar-refractivity contribution in [1.29, 1.82) is 0 Å². The maximum absolute atomic E-state index is 13.1. The van der Waals surface area contributed by atoms with Crippen LogP contribution in [-0.2, 0) is 15.9 Å². The van der Waals surface area contributed by atoms with Crippen LogP contribution in [0, 0.1) is 0 Å². The fourth-order valence-electron chi connectivity index (χ4n) is 4.22. The minimum Gasteiger partial charge on any atom is -0.384 e. The lowest BCUT2D eigenvalue weighted by atomic mass is 9.95. The lowest BCUT2D eigenvalue weighted by molar-refractivity contribution is -0.186. The molecule has 1 aromatic rings. The molecule has 3 heterocycles.